The Kier molecular flexibility index (Phi) is 5.89. The van der Waals surface area contributed by atoms with Crippen molar-refractivity contribution in [1.82, 2.24) is 33.9 Å². The predicted molar refractivity (Wildman–Crippen MR) is 140 cm³/mol. The molecule has 1 aliphatic carbocycles. The van der Waals surface area contributed by atoms with Crippen molar-refractivity contribution in [3.8, 4) is 11.7 Å². The fourth-order valence-electron chi connectivity index (χ4n) is 5.61. The zero-order valence-corrected chi connectivity index (χ0v) is 21.3. The number of rotatable bonds is 5. The molecule has 1 N–H and O–H groups in total. The van der Waals surface area contributed by atoms with E-state index in [9.17, 15) is 5.11 Å². The van der Waals surface area contributed by atoms with Crippen LogP contribution in [0.3, 0.4) is 0 Å². The van der Waals surface area contributed by atoms with Gasteiger partial charge >= 0.3 is 0 Å². The summed E-state index contributed by atoms with van der Waals surface area (Å²) in [5.74, 6) is 2.09. The molecule has 0 aromatic carbocycles. The number of aromatic nitrogens is 5. The molecule has 4 aromatic rings. The highest BCUT2D eigenvalue weighted by molar-refractivity contribution is 5.55. The summed E-state index contributed by atoms with van der Waals surface area (Å²) in [5, 5.41) is 15.6. The number of hydrogen-bond donors (Lipinski definition) is 1. The standard InChI is InChI=1S/C27H34N8O/c1-19-23(29-25-8-6-9-26(34(19)25)33-15-13-31(2)14-16-33)18-32(3)20-10-11-22-21(17-20)27(36)35(30-22)24-7-4-5-12-28-24/h4-9,12,20,36H,10-11,13-18H2,1-3H3. The number of aryl methyl sites for hydroxylation is 2. The van der Waals surface area contributed by atoms with Crippen LogP contribution in [0.15, 0.2) is 42.6 Å². The molecule has 2 aliphatic rings. The molecule has 9 heteroatoms. The van der Waals surface area contributed by atoms with Crippen molar-refractivity contribution < 1.29 is 5.11 Å². The molecule has 0 bridgehead atoms. The number of hydrogen-bond acceptors (Lipinski definition) is 7. The molecule has 1 unspecified atom stereocenters. The second-order valence-corrected chi connectivity index (χ2v) is 10.2. The zero-order valence-electron chi connectivity index (χ0n) is 21.3. The summed E-state index contributed by atoms with van der Waals surface area (Å²) in [6.45, 7) is 7.17. The van der Waals surface area contributed by atoms with Crippen LogP contribution in [0.5, 0.6) is 5.88 Å². The van der Waals surface area contributed by atoms with Gasteiger partial charge in [0.2, 0.25) is 5.88 Å². The minimum absolute atomic E-state index is 0.211. The first-order valence-electron chi connectivity index (χ1n) is 12.8. The molecule has 188 valence electrons. The molecule has 1 fully saturated rings. The van der Waals surface area contributed by atoms with E-state index in [1.807, 2.05) is 18.2 Å². The molecule has 9 nitrogen and oxygen atoms in total. The second-order valence-electron chi connectivity index (χ2n) is 10.2. The van der Waals surface area contributed by atoms with Crippen LogP contribution in [0.4, 0.5) is 5.82 Å². The summed E-state index contributed by atoms with van der Waals surface area (Å²) in [6, 6.07) is 12.4. The van der Waals surface area contributed by atoms with E-state index in [0.717, 1.165) is 74.6 Å². The molecule has 1 aliphatic heterocycles. The summed E-state index contributed by atoms with van der Waals surface area (Å²) in [5.41, 5.74) is 5.23. The molecular weight excluding hydrogens is 452 g/mol. The first-order chi connectivity index (χ1) is 17.5. The van der Waals surface area contributed by atoms with Crippen LogP contribution >= 0.6 is 0 Å². The lowest BCUT2D eigenvalue weighted by atomic mass is 9.92. The van der Waals surface area contributed by atoms with E-state index in [4.69, 9.17) is 4.98 Å². The average molecular weight is 487 g/mol. The Morgan fingerprint density at radius 1 is 1.08 bits per heavy atom. The van der Waals surface area contributed by atoms with Crippen molar-refractivity contribution in [3.63, 3.8) is 0 Å². The minimum Gasteiger partial charge on any atom is -0.493 e. The van der Waals surface area contributed by atoms with Gasteiger partial charge in [0.25, 0.3) is 0 Å². The number of anilines is 1. The number of imidazole rings is 1. The largest absolute Gasteiger partial charge is 0.493 e. The first-order valence-corrected chi connectivity index (χ1v) is 12.8. The summed E-state index contributed by atoms with van der Waals surface area (Å²) < 4.78 is 3.88. The predicted octanol–water partition coefficient (Wildman–Crippen LogP) is 2.67. The Balaban J connectivity index is 1.22. The Bertz CT molecular complexity index is 1370. The Labute approximate surface area is 211 Å². The third-order valence-electron chi connectivity index (χ3n) is 7.86. The van der Waals surface area contributed by atoms with Gasteiger partial charge in [-0.05, 0) is 64.5 Å². The van der Waals surface area contributed by atoms with Crippen molar-refractivity contribution in [2.24, 2.45) is 0 Å². The van der Waals surface area contributed by atoms with Gasteiger partial charge in [0, 0.05) is 56.2 Å². The van der Waals surface area contributed by atoms with Crippen molar-refractivity contribution in [2.45, 2.75) is 38.8 Å². The average Bonchev–Trinajstić information content (AvgIpc) is 3.41. The number of pyridine rings is 2. The van der Waals surface area contributed by atoms with E-state index in [0.29, 0.717) is 11.9 Å². The van der Waals surface area contributed by atoms with Crippen LogP contribution in [0.25, 0.3) is 11.5 Å². The molecule has 0 spiro atoms. The second kappa shape index (κ2) is 9.22. The Hall–Kier alpha value is -3.43. The lowest BCUT2D eigenvalue weighted by molar-refractivity contribution is 0.210. The molecule has 0 radical (unpaired) electrons. The zero-order chi connectivity index (χ0) is 24.8. The normalized spacial score (nSPS) is 18.8. The maximum atomic E-state index is 10.9. The van der Waals surface area contributed by atoms with Crippen LogP contribution in [0, 0.1) is 6.92 Å². The molecule has 6 rings (SSSR count). The third-order valence-corrected chi connectivity index (χ3v) is 7.86. The first kappa shape index (κ1) is 23.0. The van der Waals surface area contributed by atoms with Gasteiger partial charge in [-0.25, -0.2) is 9.97 Å². The van der Waals surface area contributed by atoms with Gasteiger partial charge in [0.15, 0.2) is 5.82 Å². The number of piperazine rings is 1. The molecule has 1 atom stereocenters. The van der Waals surface area contributed by atoms with E-state index in [-0.39, 0.29) is 5.88 Å². The van der Waals surface area contributed by atoms with Crippen LogP contribution in [0.1, 0.15) is 29.1 Å². The minimum atomic E-state index is 0.211. The quantitative estimate of drug-likeness (QED) is 0.465. The van der Waals surface area contributed by atoms with Gasteiger partial charge in [-0.15, -0.1) is 0 Å². The molecule has 36 heavy (non-hydrogen) atoms. The van der Waals surface area contributed by atoms with Gasteiger partial charge in [-0.2, -0.15) is 9.78 Å². The van der Waals surface area contributed by atoms with Crippen LogP contribution in [0.2, 0.25) is 0 Å². The van der Waals surface area contributed by atoms with E-state index in [1.165, 1.54) is 11.5 Å². The summed E-state index contributed by atoms with van der Waals surface area (Å²) in [4.78, 5) is 16.6. The maximum Gasteiger partial charge on any atom is 0.219 e. The van der Waals surface area contributed by atoms with Gasteiger partial charge in [0.1, 0.15) is 11.5 Å². The van der Waals surface area contributed by atoms with Gasteiger partial charge in [-0.1, -0.05) is 12.1 Å². The lowest BCUT2D eigenvalue weighted by Gasteiger charge is -2.34. The smallest absolute Gasteiger partial charge is 0.219 e. The lowest BCUT2D eigenvalue weighted by Crippen LogP contribution is -2.45. The van der Waals surface area contributed by atoms with E-state index < -0.39 is 0 Å². The number of fused-ring (bicyclic) bond motifs is 2. The summed E-state index contributed by atoms with van der Waals surface area (Å²) >= 11 is 0. The summed E-state index contributed by atoms with van der Waals surface area (Å²) in [7, 11) is 4.35. The molecule has 1 saturated heterocycles. The van der Waals surface area contributed by atoms with E-state index in [1.54, 1.807) is 10.9 Å². The number of nitrogens with zero attached hydrogens (tertiary/aromatic N) is 8. The van der Waals surface area contributed by atoms with Crippen molar-refractivity contribution in [1.29, 1.82) is 0 Å². The molecule has 0 saturated carbocycles. The summed E-state index contributed by atoms with van der Waals surface area (Å²) in [6.07, 6.45) is 4.33. The maximum absolute atomic E-state index is 10.9. The fourth-order valence-corrected chi connectivity index (χ4v) is 5.61. The topological polar surface area (TPSA) is 78.0 Å². The Morgan fingerprint density at radius 3 is 2.69 bits per heavy atom. The van der Waals surface area contributed by atoms with E-state index >= 15 is 0 Å². The van der Waals surface area contributed by atoms with Crippen molar-refractivity contribution in [2.75, 3.05) is 45.2 Å². The SMILES string of the molecule is Cc1c(CN(C)C2CCc3nn(-c4ccccn4)c(O)c3C2)nc2cccc(N3CCN(C)CC3)n12. The highest BCUT2D eigenvalue weighted by Crippen LogP contribution is 2.32. The van der Waals surface area contributed by atoms with Crippen LogP contribution < -0.4 is 4.90 Å². The van der Waals surface area contributed by atoms with Gasteiger partial charge < -0.3 is 14.9 Å². The fraction of sp³-hybridized carbons (Fsp3) is 0.444. The number of likely N-dealkylation sites (N-methyl/N-ethyl adjacent to an activating group) is 2. The van der Waals surface area contributed by atoms with Gasteiger partial charge in [0.05, 0.1) is 11.4 Å². The molecular formula is C27H34N8O. The molecule has 5 heterocycles. The van der Waals surface area contributed by atoms with Crippen LogP contribution in [-0.4, -0.2) is 85.4 Å². The molecule has 0 amide bonds. The third kappa shape index (κ3) is 4.02. The highest BCUT2D eigenvalue weighted by Gasteiger charge is 2.30. The van der Waals surface area contributed by atoms with E-state index in [2.05, 4.69) is 68.4 Å². The van der Waals surface area contributed by atoms with Crippen molar-refractivity contribution in [3.05, 3.63) is 65.2 Å². The monoisotopic (exact) mass is 486 g/mol. The van der Waals surface area contributed by atoms with Crippen LogP contribution in [-0.2, 0) is 19.4 Å². The Morgan fingerprint density at radius 2 is 1.92 bits per heavy atom. The highest BCUT2D eigenvalue weighted by atomic mass is 16.3. The molecule has 4 aromatic heterocycles. The van der Waals surface area contributed by atoms with Crippen molar-refractivity contribution >= 4 is 11.5 Å². The number of aromatic hydroxyl groups is 1. The van der Waals surface area contributed by atoms with Gasteiger partial charge in [-0.3, -0.25) is 9.30 Å².